The molecule has 0 saturated carbocycles. The van der Waals surface area contributed by atoms with E-state index in [9.17, 15) is 9.59 Å². The Balaban J connectivity index is 1.54. The first-order valence-electron chi connectivity index (χ1n) is 8.95. The molecule has 0 aliphatic carbocycles. The summed E-state index contributed by atoms with van der Waals surface area (Å²) in [5, 5.41) is 13.9. The van der Waals surface area contributed by atoms with E-state index in [-0.39, 0.29) is 30.2 Å². The van der Waals surface area contributed by atoms with Gasteiger partial charge in [-0.05, 0) is 33.6 Å². The minimum atomic E-state index is -0.101. The van der Waals surface area contributed by atoms with Crippen molar-refractivity contribution in [3.05, 3.63) is 17.0 Å². The summed E-state index contributed by atoms with van der Waals surface area (Å²) in [5.41, 5.74) is 2.33. The molecule has 2 atom stereocenters. The number of aryl methyl sites for hydroxylation is 2. The van der Waals surface area contributed by atoms with Crippen LogP contribution in [0, 0.1) is 13.8 Å². The smallest absolute Gasteiger partial charge is 0.255 e. The molecule has 0 aromatic carbocycles. The Morgan fingerprint density at radius 1 is 1.28 bits per heavy atom. The quantitative estimate of drug-likeness (QED) is 0.716. The molecule has 3 N–H and O–H groups in total. The number of nitrogens with one attached hydrogen (secondary N) is 3. The molecule has 2 fully saturated rings. The van der Waals surface area contributed by atoms with Gasteiger partial charge in [-0.25, -0.2) is 0 Å². The van der Waals surface area contributed by atoms with Crippen molar-refractivity contribution in [3.63, 3.8) is 0 Å². The van der Waals surface area contributed by atoms with Crippen LogP contribution >= 0.6 is 0 Å². The topological polar surface area (TPSA) is 91.3 Å². The summed E-state index contributed by atoms with van der Waals surface area (Å²) in [7, 11) is 1.85. The maximum absolute atomic E-state index is 12.6. The van der Waals surface area contributed by atoms with E-state index in [1.165, 1.54) is 0 Å². The molecule has 138 valence electrons. The van der Waals surface area contributed by atoms with E-state index in [4.69, 9.17) is 0 Å². The van der Waals surface area contributed by atoms with Crippen LogP contribution in [0.25, 0.3) is 0 Å². The number of carbonyl (C=O) groups is 2. The molecule has 1 aromatic heterocycles. The molecule has 3 heterocycles. The molecule has 2 saturated heterocycles. The number of piperidine rings is 1. The summed E-state index contributed by atoms with van der Waals surface area (Å²) >= 11 is 0. The van der Waals surface area contributed by atoms with E-state index < -0.39 is 0 Å². The predicted octanol–water partition coefficient (Wildman–Crippen LogP) is 0.0127. The fourth-order valence-corrected chi connectivity index (χ4v) is 3.72. The van der Waals surface area contributed by atoms with E-state index in [1.807, 2.05) is 27.8 Å². The third kappa shape index (κ3) is 3.85. The van der Waals surface area contributed by atoms with Crippen LogP contribution in [0.5, 0.6) is 0 Å². The van der Waals surface area contributed by atoms with Gasteiger partial charge in [0.2, 0.25) is 5.91 Å². The second-order valence-electron chi connectivity index (χ2n) is 7.20. The first-order valence-corrected chi connectivity index (χ1v) is 8.95. The van der Waals surface area contributed by atoms with Gasteiger partial charge in [0.15, 0.2) is 0 Å². The lowest BCUT2D eigenvalue weighted by Gasteiger charge is -2.41. The van der Waals surface area contributed by atoms with E-state index in [0.29, 0.717) is 12.0 Å². The van der Waals surface area contributed by atoms with Crippen LogP contribution in [0.15, 0.2) is 0 Å². The normalized spacial score (nSPS) is 25.7. The number of rotatable bonds is 3. The monoisotopic (exact) mass is 348 g/mol. The first-order chi connectivity index (χ1) is 11.8. The zero-order valence-corrected chi connectivity index (χ0v) is 15.4. The van der Waals surface area contributed by atoms with Crippen molar-refractivity contribution in [1.29, 1.82) is 0 Å². The highest BCUT2D eigenvalue weighted by molar-refractivity contribution is 5.96. The number of likely N-dealkylation sites (tertiary alicyclic amines) is 1. The zero-order valence-electron chi connectivity index (χ0n) is 15.4. The molecule has 2 unspecified atom stereocenters. The summed E-state index contributed by atoms with van der Waals surface area (Å²) in [4.78, 5) is 26.5. The molecule has 8 heteroatoms. The lowest BCUT2D eigenvalue weighted by Crippen LogP contribution is -2.65. The summed E-state index contributed by atoms with van der Waals surface area (Å²) in [6.45, 7) is 7.47. The standard InChI is InChI=1S/C17H28N6O2/c1-10-9-14(24)20-17(18-10)23-7-5-13(6-8-23)19-16(25)15-11(2)21-22(4)12(15)3/h10,13,17-18H,5-9H2,1-4H3,(H,19,25)(H,20,24). The van der Waals surface area contributed by atoms with Crippen molar-refractivity contribution in [2.45, 2.75) is 58.4 Å². The van der Waals surface area contributed by atoms with Crippen LogP contribution in [-0.2, 0) is 11.8 Å². The fourth-order valence-electron chi connectivity index (χ4n) is 3.72. The van der Waals surface area contributed by atoms with E-state index in [1.54, 1.807) is 4.68 Å². The van der Waals surface area contributed by atoms with Crippen molar-refractivity contribution in [2.75, 3.05) is 13.1 Å². The van der Waals surface area contributed by atoms with E-state index >= 15 is 0 Å². The lowest BCUT2D eigenvalue weighted by molar-refractivity contribution is -0.127. The van der Waals surface area contributed by atoms with Crippen molar-refractivity contribution in [2.24, 2.45) is 7.05 Å². The summed E-state index contributed by atoms with van der Waals surface area (Å²) in [6, 6.07) is 0.340. The van der Waals surface area contributed by atoms with Gasteiger partial charge in [-0.15, -0.1) is 0 Å². The van der Waals surface area contributed by atoms with Crippen LogP contribution in [0.4, 0.5) is 0 Å². The summed E-state index contributed by atoms with van der Waals surface area (Å²) in [6.07, 6.45) is 2.15. The van der Waals surface area contributed by atoms with Crippen LogP contribution in [-0.4, -0.2) is 58.0 Å². The second kappa shape index (κ2) is 7.13. The highest BCUT2D eigenvalue weighted by atomic mass is 16.2. The molecule has 2 aliphatic rings. The van der Waals surface area contributed by atoms with Gasteiger partial charge in [0.05, 0.1) is 11.3 Å². The number of hydrogen-bond acceptors (Lipinski definition) is 5. The van der Waals surface area contributed by atoms with Gasteiger partial charge < -0.3 is 10.6 Å². The lowest BCUT2D eigenvalue weighted by atomic mass is 10.0. The molecule has 3 rings (SSSR count). The first kappa shape index (κ1) is 17.9. The Kier molecular flexibility index (Phi) is 5.10. The second-order valence-corrected chi connectivity index (χ2v) is 7.20. The molecule has 2 amide bonds. The minimum absolute atomic E-state index is 0.0423. The maximum Gasteiger partial charge on any atom is 0.255 e. The van der Waals surface area contributed by atoms with Crippen molar-refractivity contribution in [1.82, 2.24) is 30.6 Å². The van der Waals surface area contributed by atoms with E-state index in [2.05, 4.69) is 25.9 Å². The highest BCUT2D eigenvalue weighted by Gasteiger charge is 2.31. The van der Waals surface area contributed by atoms with Gasteiger partial charge in [-0.3, -0.25) is 24.5 Å². The predicted molar refractivity (Wildman–Crippen MR) is 93.9 cm³/mol. The number of aromatic nitrogens is 2. The molecule has 25 heavy (non-hydrogen) atoms. The molecule has 1 aromatic rings. The van der Waals surface area contributed by atoms with Crippen LogP contribution < -0.4 is 16.0 Å². The number of carbonyl (C=O) groups excluding carboxylic acids is 2. The summed E-state index contributed by atoms with van der Waals surface area (Å²) in [5.74, 6) is 0.0495. The zero-order chi connectivity index (χ0) is 18.1. The molecule has 0 bridgehead atoms. The Morgan fingerprint density at radius 3 is 2.52 bits per heavy atom. The Morgan fingerprint density at radius 2 is 1.96 bits per heavy atom. The SMILES string of the molecule is Cc1nn(C)c(C)c1C(=O)NC1CCN(C2NC(=O)CC(C)N2)CC1. The summed E-state index contributed by atoms with van der Waals surface area (Å²) < 4.78 is 1.74. The molecule has 0 radical (unpaired) electrons. The van der Waals surface area contributed by atoms with Gasteiger partial charge in [-0.2, -0.15) is 5.10 Å². The molecule has 8 nitrogen and oxygen atoms in total. The maximum atomic E-state index is 12.6. The Labute approximate surface area is 148 Å². The Bertz CT molecular complexity index is 662. The third-order valence-corrected chi connectivity index (χ3v) is 5.20. The van der Waals surface area contributed by atoms with E-state index in [0.717, 1.165) is 37.3 Å². The molecule has 0 spiro atoms. The van der Waals surface area contributed by atoms with Crippen molar-refractivity contribution < 1.29 is 9.59 Å². The number of hydrogen-bond donors (Lipinski definition) is 3. The number of nitrogens with zero attached hydrogens (tertiary/aromatic N) is 3. The third-order valence-electron chi connectivity index (χ3n) is 5.20. The number of amides is 2. The minimum Gasteiger partial charge on any atom is -0.349 e. The van der Waals surface area contributed by atoms with Gasteiger partial charge in [0.1, 0.15) is 6.29 Å². The van der Waals surface area contributed by atoms with Crippen molar-refractivity contribution >= 4 is 11.8 Å². The van der Waals surface area contributed by atoms with Crippen LogP contribution in [0.2, 0.25) is 0 Å². The molecule has 2 aliphatic heterocycles. The van der Waals surface area contributed by atoms with Crippen molar-refractivity contribution in [3.8, 4) is 0 Å². The molecular formula is C17H28N6O2. The average Bonchev–Trinajstić information content (AvgIpc) is 2.79. The van der Waals surface area contributed by atoms with Gasteiger partial charge in [-0.1, -0.05) is 0 Å². The largest absolute Gasteiger partial charge is 0.349 e. The Hall–Kier alpha value is -1.93. The molecular weight excluding hydrogens is 320 g/mol. The van der Waals surface area contributed by atoms with Gasteiger partial charge in [0, 0.05) is 44.3 Å². The fraction of sp³-hybridized carbons (Fsp3) is 0.706. The van der Waals surface area contributed by atoms with Crippen LogP contribution in [0.1, 0.15) is 47.9 Å². The average molecular weight is 348 g/mol. The van der Waals surface area contributed by atoms with Crippen LogP contribution in [0.3, 0.4) is 0 Å². The van der Waals surface area contributed by atoms with Gasteiger partial charge in [0.25, 0.3) is 5.91 Å². The highest BCUT2D eigenvalue weighted by Crippen LogP contribution is 2.16. The van der Waals surface area contributed by atoms with Gasteiger partial charge >= 0.3 is 0 Å².